The van der Waals surface area contributed by atoms with Crippen LogP contribution < -0.4 is 4.74 Å². The van der Waals surface area contributed by atoms with E-state index in [9.17, 15) is 4.79 Å². The maximum atomic E-state index is 11.2. The minimum absolute atomic E-state index is 0.241. The molecule has 0 bridgehead atoms. The molecule has 0 atom stereocenters. The van der Waals surface area contributed by atoms with E-state index in [-0.39, 0.29) is 12.6 Å². The van der Waals surface area contributed by atoms with Crippen molar-refractivity contribution >= 4 is 22.6 Å². The molecule has 6 aromatic rings. The summed E-state index contributed by atoms with van der Waals surface area (Å²) < 4.78 is 16.8. The fraction of sp³-hybridized carbons (Fsp3) is 0.303. The Morgan fingerprint density at radius 2 is 1.81 bits per heavy atom. The fourth-order valence-corrected chi connectivity index (χ4v) is 5.50. The lowest BCUT2D eigenvalue weighted by molar-refractivity contribution is -0.141. The van der Waals surface area contributed by atoms with Crippen molar-refractivity contribution in [2.75, 3.05) is 13.2 Å². The van der Waals surface area contributed by atoms with E-state index in [1.165, 1.54) is 12.5 Å². The molecule has 10 nitrogen and oxygen atoms in total. The maximum absolute atomic E-state index is 11.2. The van der Waals surface area contributed by atoms with E-state index >= 15 is 0 Å². The smallest absolute Gasteiger partial charge is 0.302 e. The fourth-order valence-electron chi connectivity index (χ4n) is 5.50. The van der Waals surface area contributed by atoms with Crippen LogP contribution in [-0.4, -0.2) is 53.1 Å². The number of esters is 1. The van der Waals surface area contributed by atoms with Gasteiger partial charge in [-0.1, -0.05) is 44.2 Å². The average molecular weight is 578 g/mol. The molecule has 0 N–H and O–H groups in total. The molecule has 0 unspecified atom stereocenters. The lowest BCUT2D eigenvalue weighted by Crippen LogP contribution is -2.08. The number of hydrogen-bond donors (Lipinski definition) is 0. The summed E-state index contributed by atoms with van der Waals surface area (Å²) in [6.45, 7) is 9.00. The van der Waals surface area contributed by atoms with Gasteiger partial charge in [0.1, 0.15) is 18.0 Å². The Labute approximate surface area is 249 Å². The van der Waals surface area contributed by atoms with Crippen LogP contribution in [0.4, 0.5) is 0 Å². The third kappa shape index (κ3) is 5.48. The summed E-state index contributed by atoms with van der Waals surface area (Å²) >= 11 is 0. The Hall–Kier alpha value is -4.99. The molecular weight excluding hydrogens is 542 g/mol. The molecule has 0 spiro atoms. The van der Waals surface area contributed by atoms with Gasteiger partial charge in [0.15, 0.2) is 5.65 Å². The number of benzene rings is 1. The van der Waals surface area contributed by atoms with Crippen molar-refractivity contribution in [3.05, 3.63) is 72.9 Å². The van der Waals surface area contributed by atoms with Crippen LogP contribution in [0.15, 0.2) is 67.4 Å². The number of rotatable bonds is 10. The van der Waals surface area contributed by atoms with Gasteiger partial charge in [0.25, 0.3) is 0 Å². The summed E-state index contributed by atoms with van der Waals surface area (Å²) in [5.41, 5.74) is 8.30. The number of hydrogen-bond acceptors (Lipinski definition) is 7. The first-order valence-corrected chi connectivity index (χ1v) is 14.5. The van der Waals surface area contributed by atoms with E-state index in [0.717, 1.165) is 62.5 Å². The van der Waals surface area contributed by atoms with E-state index in [2.05, 4.69) is 37.1 Å². The van der Waals surface area contributed by atoms with Crippen LogP contribution in [0.1, 0.15) is 33.3 Å². The van der Waals surface area contributed by atoms with Crippen molar-refractivity contribution in [1.29, 1.82) is 0 Å². The summed E-state index contributed by atoms with van der Waals surface area (Å²) in [6.07, 6.45) is 10.4. The molecule has 220 valence electrons. The molecule has 0 aliphatic carbocycles. The van der Waals surface area contributed by atoms with Crippen molar-refractivity contribution in [3.8, 4) is 39.4 Å². The summed E-state index contributed by atoms with van der Waals surface area (Å²) in [5.74, 6) is 0.855. The molecule has 10 heteroatoms. The standard InChI is InChI=1S/C33H35N7O3/c1-6-42-29-20-38(5)33-30(29)31(25-16-35-39(19-25)12-13-43-22(4)41)37-32-27(18-36-40(32)33)26-17-34-28(15-24(26)14-21(2)3)23-10-8-7-9-11-23/h7-11,15-21H,6,12-14H2,1-5H3. The largest absolute Gasteiger partial charge is 0.491 e. The first-order chi connectivity index (χ1) is 20.8. The van der Waals surface area contributed by atoms with Gasteiger partial charge in [0, 0.05) is 54.8 Å². The van der Waals surface area contributed by atoms with E-state index in [1.807, 2.05) is 66.0 Å². The third-order valence-corrected chi connectivity index (χ3v) is 7.32. The lowest BCUT2D eigenvalue weighted by Gasteiger charge is -2.13. The highest BCUT2D eigenvalue weighted by Crippen LogP contribution is 2.39. The Morgan fingerprint density at radius 1 is 1.00 bits per heavy atom. The number of pyridine rings is 1. The first kappa shape index (κ1) is 28.1. The van der Waals surface area contributed by atoms with Gasteiger partial charge in [0.05, 0.1) is 42.3 Å². The Balaban J connectivity index is 1.54. The van der Waals surface area contributed by atoms with Crippen LogP contribution in [0, 0.1) is 5.92 Å². The Morgan fingerprint density at radius 3 is 2.56 bits per heavy atom. The van der Waals surface area contributed by atoms with Crippen LogP contribution >= 0.6 is 0 Å². The highest BCUT2D eigenvalue weighted by molar-refractivity contribution is 5.99. The van der Waals surface area contributed by atoms with Crippen LogP contribution in [0.5, 0.6) is 5.75 Å². The molecule has 0 radical (unpaired) electrons. The molecule has 0 fully saturated rings. The zero-order valence-electron chi connectivity index (χ0n) is 25.1. The molecule has 6 rings (SSSR count). The molecule has 0 amide bonds. The predicted octanol–water partition coefficient (Wildman–Crippen LogP) is 5.97. The van der Waals surface area contributed by atoms with E-state index in [1.54, 1.807) is 10.9 Å². The number of nitrogens with zero attached hydrogens (tertiary/aromatic N) is 7. The molecule has 0 aliphatic rings. The zero-order chi connectivity index (χ0) is 30.1. The van der Waals surface area contributed by atoms with Gasteiger partial charge in [-0.2, -0.15) is 14.7 Å². The predicted molar refractivity (Wildman–Crippen MR) is 166 cm³/mol. The van der Waals surface area contributed by atoms with Gasteiger partial charge in [0.2, 0.25) is 0 Å². The summed E-state index contributed by atoms with van der Waals surface area (Å²) in [4.78, 5) is 21.3. The number of aromatic nitrogens is 7. The summed E-state index contributed by atoms with van der Waals surface area (Å²) in [7, 11) is 1.98. The number of fused-ring (bicyclic) bond motifs is 3. The van der Waals surface area contributed by atoms with Gasteiger partial charge < -0.3 is 14.0 Å². The molecule has 0 aliphatic heterocycles. The van der Waals surface area contributed by atoms with Gasteiger partial charge in [-0.25, -0.2) is 4.98 Å². The van der Waals surface area contributed by atoms with Gasteiger partial charge >= 0.3 is 5.97 Å². The number of aryl methyl sites for hydroxylation is 1. The highest BCUT2D eigenvalue weighted by Gasteiger charge is 2.24. The highest BCUT2D eigenvalue weighted by atomic mass is 16.5. The van der Waals surface area contributed by atoms with Crippen molar-refractivity contribution in [2.24, 2.45) is 13.0 Å². The summed E-state index contributed by atoms with van der Waals surface area (Å²) in [6, 6.07) is 12.4. The van der Waals surface area contributed by atoms with Gasteiger partial charge in [-0.3, -0.25) is 14.5 Å². The van der Waals surface area contributed by atoms with E-state index in [4.69, 9.17) is 24.5 Å². The second-order valence-electron chi connectivity index (χ2n) is 11.0. The van der Waals surface area contributed by atoms with Gasteiger partial charge in [-0.05, 0) is 30.9 Å². The SMILES string of the molecule is CCOc1cn(C)c2c1c(-c1cnn(CCOC(C)=O)c1)nc1c(-c3cnc(-c4ccccc4)cc3CC(C)C)cnn12. The quantitative estimate of drug-likeness (QED) is 0.185. The summed E-state index contributed by atoms with van der Waals surface area (Å²) in [5, 5.41) is 10.2. The molecule has 43 heavy (non-hydrogen) atoms. The second kappa shape index (κ2) is 11.7. The molecule has 5 heterocycles. The average Bonchev–Trinajstić information content (AvgIpc) is 3.70. The van der Waals surface area contributed by atoms with Crippen molar-refractivity contribution in [2.45, 2.75) is 40.7 Å². The minimum Gasteiger partial charge on any atom is -0.491 e. The van der Waals surface area contributed by atoms with E-state index < -0.39 is 0 Å². The van der Waals surface area contributed by atoms with Gasteiger partial charge in [-0.15, -0.1) is 0 Å². The zero-order valence-corrected chi connectivity index (χ0v) is 25.1. The second-order valence-corrected chi connectivity index (χ2v) is 11.0. The Kier molecular flexibility index (Phi) is 7.67. The monoisotopic (exact) mass is 577 g/mol. The molecular formula is C33H35N7O3. The first-order valence-electron chi connectivity index (χ1n) is 14.5. The maximum Gasteiger partial charge on any atom is 0.302 e. The molecule has 0 saturated carbocycles. The van der Waals surface area contributed by atoms with Crippen LogP contribution in [0.3, 0.4) is 0 Å². The molecule has 1 aromatic carbocycles. The third-order valence-electron chi connectivity index (χ3n) is 7.32. The van der Waals surface area contributed by atoms with E-state index in [0.29, 0.717) is 19.1 Å². The normalized spacial score (nSPS) is 11.6. The Bertz CT molecular complexity index is 1920. The number of carbonyl (C=O) groups excluding carboxylic acids is 1. The van der Waals surface area contributed by atoms with Crippen LogP contribution in [0.2, 0.25) is 0 Å². The molecule has 5 aromatic heterocycles. The van der Waals surface area contributed by atoms with Crippen molar-refractivity contribution in [3.63, 3.8) is 0 Å². The minimum atomic E-state index is -0.316. The van der Waals surface area contributed by atoms with Crippen molar-refractivity contribution < 1.29 is 14.3 Å². The van der Waals surface area contributed by atoms with Crippen molar-refractivity contribution in [1.82, 2.24) is 33.9 Å². The number of ether oxygens (including phenoxy) is 2. The van der Waals surface area contributed by atoms with Crippen LogP contribution in [0.25, 0.3) is 50.3 Å². The topological polar surface area (TPSA) is 101 Å². The lowest BCUT2D eigenvalue weighted by atomic mass is 9.94. The number of carbonyl (C=O) groups is 1. The van der Waals surface area contributed by atoms with Crippen LogP contribution in [-0.2, 0) is 29.5 Å². The molecule has 0 saturated heterocycles.